The van der Waals surface area contributed by atoms with Gasteiger partial charge in [-0.15, -0.1) is 0 Å². The number of terminal acetylenes is 1. The second kappa shape index (κ2) is 4.83. The molecule has 0 bridgehead atoms. The summed E-state index contributed by atoms with van der Waals surface area (Å²) in [5, 5.41) is 3.39. The van der Waals surface area contributed by atoms with Crippen LogP contribution in [0.25, 0.3) is 0 Å². The Morgan fingerprint density at radius 2 is 2.35 bits per heavy atom. The van der Waals surface area contributed by atoms with Crippen molar-refractivity contribution in [2.24, 2.45) is 0 Å². The summed E-state index contributed by atoms with van der Waals surface area (Å²) in [7, 11) is 0. The van der Waals surface area contributed by atoms with Gasteiger partial charge in [0.1, 0.15) is 0 Å². The number of anilines is 1. The Balaban J connectivity index is 2.00. The van der Waals surface area contributed by atoms with Crippen LogP contribution in [0.2, 0.25) is 0 Å². The van der Waals surface area contributed by atoms with E-state index in [1.165, 1.54) is 4.46 Å². The summed E-state index contributed by atoms with van der Waals surface area (Å²) in [6, 6.07) is 8.14. The Bertz CT molecular complexity index is 454. The summed E-state index contributed by atoms with van der Waals surface area (Å²) in [4.78, 5) is 11.6. The minimum absolute atomic E-state index is 0.0505. The van der Waals surface area contributed by atoms with Crippen LogP contribution in [0.15, 0.2) is 24.3 Å². The normalized spacial score (nSPS) is 21.2. The van der Waals surface area contributed by atoms with E-state index in [1.54, 1.807) is 0 Å². The average Bonchev–Trinajstić information content (AvgIpc) is 2.61. The minimum atomic E-state index is -0.243. The number of fused-ring (bicyclic) bond motifs is 1. The van der Waals surface area contributed by atoms with Gasteiger partial charge in [-0.3, -0.25) is 0 Å². The Morgan fingerprint density at radius 1 is 1.59 bits per heavy atom. The first-order valence-corrected chi connectivity index (χ1v) is 6.99. The molecule has 0 spiro atoms. The van der Waals surface area contributed by atoms with Crippen LogP contribution in [-0.2, 0) is 9.53 Å². The third-order valence-electron chi connectivity index (χ3n) is 2.42. The summed E-state index contributed by atoms with van der Waals surface area (Å²) >= 11 is 0.221. The predicted octanol–water partition coefficient (Wildman–Crippen LogP) is 0.724. The molecule has 0 amide bonds. The fourth-order valence-electron chi connectivity index (χ4n) is 1.74. The van der Waals surface area contributed by atoms with Gasteiger partial charge in [-0.1, -0.05) is 0 Å². The van der Waals surface area contributed by atoms with Gasteiger partial charge < -0.3 is 0 Å². The quantitative estimate of drug-likeness (QED) is 0.507. The van der Waals surface area contributed by atoms with Crippen LogP contribution in [0.1, 0.15) is 13.3 Å². The Morgan fingerprint density at radius 3 is 3.06 bits per heavy atom. The molecule has 1 aliphatic rings. The zero-order valence-corrected chi connectivity index (χ0v) is 11.2. The van der Waals surface area contributed by atoms with E-state index in [2.05, 4.69) is 17.3 Å². The van der Waals surface area contributed by atoms with Crippen LogP contribution in [-0.4, -0.2) is 32.0 Å². The first-order chi connectivity index (χ1) is 8.13. The van der Waals surface area contributed by atoms with Crippen molar-refractivity contribution in [2.45, 2.75) is 17.8 Å². The number of benzene rings is 1. The number of carbonyl (C=O) groups is 1. The van der Waals surface area contributed by atoms with Crippen LogP contribution >= 0.6 is 0 Å². The molecule has 1 N–H and O–H groups in total. The molecule has 1 aliphatic heterocycles. The van der Waals surface area contributed by atoms with E-state index in [0.717, 1.165) is 5.69 Å². The SMILES string of the molecule is C#CCOC(=O)CC1(C)Nc2ccccc2[Se]1. The molecule has 0 saturated carbocycles. The van der Waals surface area contributed by atoms with Crippen molar-refractivity contribution in [2.75, 3.05) is 11.9 Å². The van der Waals surface area contributed by atoms with Gasteiger partial charge in [-0.2, -0.15) is 0 Å². The molecule has 0 radical (unpaired) electrons. The third kappa shape index (κ3) is 2.82. The number of esters is 1. The van der Waals surface area contributed by atoms with Gasteiger partial charge in [0.15, 0.2) is 0 Å². The first kappa shape index (κ1) is 12.0. The van der Waals surface area contributed by atoms with Crippen molar-refractivity contribution in [3.8, 4) is 12.3 Å². The Hall–Kier alpha value is -1.43. The molecule has 2 rings (SSSR count). The van der Waals surface area contributed by atoms with Gasteiger partial charge in [0.2, 0.25) is 0 Å². The van der Waals surface area contributed by atoms with Crippen molar-refractivity contribution in [1.29, 1.82) is 0 Å². The number of carbonyl (C=O) groups excluding carboxylic acids is 1. The molecule has 0 fully saturated rings. The van der Waals surface area contributed by atoms with Gasteiger partial charge >= 0.3 is 107 Å². The summed E-state index contributed by atoms with van der Waals surface area (Å²) < 4.78 is 6.00. The van der Waals surface area contributed by atoms with Crippen molar-refractivity contribution in [3.63, 3.8) is 0 Å². The summed E-state index contributed by atoms with van der Waals surface area (Å²) in [5.74, 6) is 2.05. The van der Waals surface area contributed by atoms with E-state index < -0.39 is 0 Å². The van der Waals surface area contributed by atoms with Crippen molar-refractivity contribution >= 4 is 31.1 Å². The number of nitrogens with one attached hydrogen (secondary N) is 1. The second-order valence-electron chi connectivity index (χ2n) is 4.00. The van der Waals surface area contributed by atoms with Crippen LogP contribution in [0.5, 0.6) is 0 Å². The zero-order valence-electron chi connectivity index (χ0n) is 9.53. The molecule has 1 aromatic rings. The zero-order chi connectivity index (χ0) is 12.3. The van der Waals surface area contributed by atoms with E-state index in [1.807, 2.05) is 25.1 Å². The maximum atomic E-state index is 11.6. The third-order valence-corrected chi connectivity index (χ3v) is 5.09. The Kier molecular flexibility index (Phi) is 3.42. The number of hydrogen-bond donors (Lipinski definition) is 1. The fourth-order valence-corrected chi connectivity index (χ4v) is 4.28. The molecule has 3 nitrogen and oxygen atoms in total. The molecule has 1 atom stereocenters. The van der Waals surface area contributed by atoms with Gasteiger partial charge in [0.25, 0.3) is 0 Å². The van der Waals surface area contributed by atoms with E-state index in [-0.39, 0.29) is 32.0 Å². The Labute approximate surface area is 107 Å². The predicted molar refractivity (Wildman–Crippen MR) is 68.3 cm³/mol. The van der Waals surface area contributed by atoms with E-state index in [9.17, 15) is 4.79 Å². The van der Waals surface area contributed by atoms with Gasteiger partial charge in [0, 0.05) is 0 Å². The topological polar surface area (TPSA) is 38.3 Å². The van der Waals surface area contributed by atoms with Gasteiger partial charge in [-0.25, -0.2) is 0 Å². The molecular weight excluding hydrogens is 281 g/mol. The van der Waals surface area contributed by atoms with Crippen LogP contribution in [0.4, 0.5) is 5.69 Å². The van der Waals surface area contributed by atoms with E-state index in [4.69, 9.17) is 11.2 Å². The summed E-state index contributed by atoms with van der Waals surface area (Å²) in [6.07, 6.45) is 5.40. The number of para-hydroxylation sites is 1. The monoisotopic (exact) mass is 295 g/mol. The van der Waals surface area contributed by atoms with Gasteiger partial charge in [-0.05, 0) is 0 Å². The standard InChI is InChI=1S/C13H13NO2Se/c1-3-8-16-12(15)9-13(2)14-10-6-4-5-7-11(10)17-13/h1,4-7,14H,8-9H2,2H3. The van der Waals surface area contributed by atoms with Gasteiger partial charge in [0.05, 0.1) is 0 Å². The molecule has 4 heteroatoms. The van der Waals surface area contributed by atoms with Crippen LogP contribution in [0.3, 0.4) is 0 Å². The van der Waals surface area contributed by atoms with Crippen molar-refractivity contribution in [3.05, 3.63) is 24.3 Å². The maximum absolute atomic E-state index is 11.6. The summed E-state index contributed by atoms with van der Waals surface area (Å²) in [5.41, 5.74) is 1.12. The molecule has 88 valence electrons. The molecular formula is C13H13NO2Se. The molecule has 1 heterocycles. The number of rotatable bonds is 3. The van der Waals surface area contributed by atoms with E-state index in [0.29, 0.717) is 6.42 Å². The first-order valence-electron chi connectivity index (χ1n) is 5.28. The molecule has 0 saturated heterocycles. The van der Waals surface area contributed by atoms with Crippen molar-refractivity contribution < 1.29 is 9.53 Å². The molecule has 1 unspecified atom stereocenters. The number of hydrogen-bond acceptors (Lipinski definition) is 3. The molecule has 0 aliphatic carbocycles. The van der Waals surface area contributed by atoms with Crippen LogP contribution in [0, 0.1) is 12.3 Å². The van der Waals surface area contributed by atoms with Crippen LogP contribution < -0.4 is 9.78 Å². The molecule has 17 heavy (non-hydrogen) atoms. The summed E-state index contributed by atoms with van der Waals surface area (Å²) in [6.45, 7) is 2.10. The average molecular weight is 294 g/mol. The van der Waals surface area contributed by atoms with E-state index >= 15 is 0 Å². The second-order valence-corrected chi connectivity index (χ2v) is 7.24. The van der Waals surface area contributed by atoms with Crippen molar-refractivity contribution in [1.82, 2.24) is 0 Å². The molecule has 0 aromatic heterocycles. The number of ether oxygens (including phenoxy) is 1. The fraction of sp³-hybridized carbons (Fsp3) is 0.308. The molecule has 1 aromatic carbocycles.